The van der Waals surface area contributed by atoms with Gasteiger partial charge in [-0.1, -0.05) is 17.9 Å². The van der Waals surface area contributed by atoms with Gasteiger partial charge in [0.2, 0.25) is 0 Å². The molecule has 4 aromatic rings. The maximum atomic E-state index is 14.4. The Balaban J connectivity index is 1.88. The molecule has 0 aliphatic heterocycles. The van der Waals surface area contributed by atoms with Crippen molar-refractivity contribution in [1.82, 2.24) is 19.6 Å². The minimum Gasteiger partial charge on any atom is -0.329 e. The lowest BCUT2D eigenvalue weighted by Gasteiger charge is -2.21. The van der Waals surface area contributed by atoms with Gasteiger partial charge in [-0.15, -0.1) is 10.2 Å². The summed E-state index contributed by atoms with van der Waals surface area (Å²) in [6.45, 7) is 8.11. The zero-order valence-electron chi connectivity index (χ0n) is 17.2. The number of rotatable bonds is 2. The second kappa shape index (κ2) is 6.85. The molecule has 0 saturated carbocycles. The number of fused-ring (bicyclic) bond motifs is 3. The van der Waals surface area contributed by atoms with Crippen LogP contribution in [0.1, 0.15) is 31.9 Å². The summed E-state index contributed by atoms with van der Waals surface area (Å²) in [5, 5.41) is 9.02. The lowest BCUT2D eigenvalue weighted by molar-refractivity contribution is 0.571. The topological polar surface area (TPSA) is 46.3 Å². The Morgan fingerprint density at radius 3 is 2.66 bits per heavy atom. The molecule has 0 N–H and O–H groups in total. The van der Waals surface area contributed by atoms with Gasteiger partial charge in [0.15, 0.2) is 0 Å². The standard InChI is InChI=1S/C23H22FN5/c1-15-6-7-19-20(10-15)29-14-25-27-22(29)26-21(19)28(5)18-12-16(11-17(24)13-18)8-9-23(2,3)4/h6-7,10-14H,1-5H3. The molecule has 4 rings (SSSR count). The van der Waals surface area contributed by atoms with E-state index in [0.29, 0.717) is 22.8 Å². The Hall–Kier alpha value is -3.46. The Labute approximate surface area is 169 Å². The molecule has 0 saturated heterocycles. The summed E-state index contributed by atoms with van der Waals surface area (Å²) >= 11 is 0. The lowest BCUT2D eigenvalue weighted by Crippen LogP contribution is -2.13. The quantitative estimate of drug-likeness (QED) is 0.460. The summed E-state index contributed by atoms with van der Waals surface area (Å²) in [6.07, 6.45) is 1.65. The molecule has 0 aliphatic carbocycles. The number of hydrogen-bond acceptors (Lipinski definition) is 4. The summed E-state index contributed by atoms with van der Waals surface area (Å²) in [5.74, 6) is 7.07. The summed E-state index contributed by atoms with van der Waals surface area (Å²) in [7, 11) is 1.87. The highest BCUT2D eigenvalue weighted by atomic mass is 19.1. The smallest absolute Gasteiger partial charge is 0.257 e. The van der Waals surface area contributed by atoms with Crippen molar-refractivity contribution in [3.63, 3.8) is 0 Å². The van der Waals surface area contributed by atoms with E-state index in [1.165, 1.54) is 12.1 Å². The lowest BCUT2D eigenvalue weighted by atomic mass is 9.97. The van der Waals surface area contributed by atoms with Gasteiger partial charge in [0, 0.05) is 29.1 Å². The van der Waals surface area contributed by atoms with E-state index in [4.69, 9.17) is 0 Å². The van der Waals surface area contributed by atoms with E-state index in [-0.39, 0.29) is 11.2 Å². The first-order valence-electron chi connectivity index (χ1n) is 9.39. The van der Waals surface area contributed by atoms with E-state index in [0.717, 1.165) is 16.5 Å². The van der Waals surface area contributed by atoms with Gasteiger partial charge in [-0.05, 0) is 63.6 Å². The monoisotopic (exact) mass is 387 g/mol. The van der Waals surface area contributed by atoms with Crippen molar-refractivity contribution in [1.29, 1.82) is 0 Å². The van der Waals surface area contributed by atoms with Crippen LogP contribution in [0.5, 0.6) is 0 Å². The van der Waals surface area contributed by atoms with Crippen molar-refractivity contribution in [2.24, 2.45) is 5.41 Å². The van der Waals surface area contributed by atoms with Crippen LogP contribution in [0.3, 0.4) is 0 Å². The van der Waals surface area contributed by atoms with Crippen molar-refractivity contribution >= 4 is 28.2 Å². The van der Waals surface area contributed by atoms with Gasteiger partial charge in [0.25, 0.3) is 5.78 Å². The molecule has 0 aliphatic rings. The molecule has 0 amide bonds. The van der Waals surface area contributed by atoms with Gasteiger partial charge in [-0.25, -0.2) is 4.39 Å². The fourth-order valence-corrected chi connectivity index (χ4v) is 3.14. The van der Waals surface area contributed by atoms with Crippen LogP contribution in [-0.2, 0) is 0 Å². The zero-order valence-corrected chi connectivity index (χ0v) is 17.2. The van der Waals surface area contributed by atoms with Crippen LogP contribution in [0.15, 0.2) is 42.7 Å². The Morgan fingerprint density at radius 1 is 1.10 bits per heavy atom. The van der Waals surface area contributed by atoms with Crippen LogP contribution < -0.4 is 4.90 Å². The molecule has 5 nitrogen and oxygen atoms in total. The third kappa shape index (κ3) is 3.77. The molecule has 29 heavy (non-hydrogen) atoms. The van der Waals surface area contributed by atoms with Crippen LogP contribution >= 0.6 is 0 Å². The molecule has 2 aromatic heterocycles. The van der Waals surface area contributed by atoms with Crippen LogP contribution in [0.25, 0.3) is 16.7 Å². The highest BCUT2D eigenvalue weighted by Gasteiger charge is 2.16. The van der Waals surface area contributed by atoms with E-state index in [9.17, 15) is 4.39 Å². The molecule has 6 heteroatoms. The minimum atomic E-state index is -0.337. The predicted octanol–water partition coefficient (Wildman–Crippen LogP) is 4.89. The average Bonchev–Trinajstić information content (AvgIpc) is 3.13. The molecule has 0 fully saturated rings. The number of aromatic nitrogens is 4. The Bertz CT molecular complexity index is 1290. The number of halogens is 1. The highest BCUT2D eigenvalue weighted by Crippen LogP contribution is 2.31. The van der Waals surface area contributed by atoms with E-state index in [2.05, 4.69) is 33.1 Å². The fourth-order valence-electron chi connectivity index (χ4n) is 3.14. The first-order valence-corrected chi connectivity index (χ1v) is 9.39. The third-order valence-corrected chi connectivity index (χ3v) is 4.56. The van der Waals surface area contributed by atoms with Crippen molar-refractivity contribution in [3.8, 4) is 11.8 Å². The number of anilines is 2. The van der Waals surface area contributed by atoms with Crippen molar-refractivity contribution < 1.29 is 4.39 Å². The highest BCUT2D eigenvalue weighted by molar-refractivity contribution is 5.93. The first-order chi connectivity index (χ1) is 13.7. The SMILES string of the molecule is Cc1ccc2c(N(C)c3cc(F)cc(C#CC(C)(C)C)c3)nc3nncn3c2c1. The maximum Gasteiger partial charge on any atom is 0.257 e. The molecule has 0 bridgehead atoms. The van der Waals surface area contributed by atoms with E-state index >= 15 is 0 Å². The fraction of sp³-hybridized carbons (Fsp3) is 0.261. The second-order valence-corrected chi connectivity index (χ2v) is 8.21. The molecule has 0 atom stereocenters. The molecule has 2 aromatic carbocycles. The second-order valence-electron chi connectivity index (χ2n) is 8.21. The largest absolute Gasteiger partial charge is 0.329 e. The number of nitrogens with zero attached hydrogens (tertiary/aromatic N) is 5. The van der Waals surface area contributed by atoms with Crippen LogP contribution in [0.4, 0.5) is 15.9 Å². The third-order valence-electron chi connectivity index (χ3n) is 4.56. The first kappa shape index (κ1) is 18.9. The molecule has 146 valence electrons. The van der Waals surface area contributed by atoms with Gasteiger partial charge in [-0.3, -0.25) is 4.40 Å². The van der Waals surface area contributed by atoms with E-state index in [1.807, 2.05) is 62.2 Å². The number of hydrogen-bond donors (Lipinski definition) is 0. The maximum absolute atomic E-state index is 14.4. The van der Waals surface area contributed by atoms with E-state index < -0.39 is 0 Å². The normalized spacial score (nSPS) is 11.5. The molecular formula is C23H22FN5. The summed E-state index contributed by atoms with van der Waals surface area (Å²) in [4.78, 5) is 6.53. The summed E-state index contributed by atoms with van der Waals surface area (Å²) in [6, 6.07) is 10.9. The van der Waals surface area contributed by atoms with Crippen LogP contribution in [0, 0.1) is 30.0 Å². The van der Waals surface area contributed by atoms with Gasteiger partial charge in [-0.2, -0.15) is 4.98 Å². The van der Waals surface area contributed by atoms with Crippen molar-refractivity contribution in [2.75, 3.05) is 11.9 Å². The average molecular weight is 387 g/mol. The molecular weight excluding hydrogens is 365 g/mol. The Kier molecular flexibility index (Phi) is 4.46. The molecule has 0 unspecified atom stereocenters. The van der Waals surface area contributed by atoms with Crippen LogP contribution in [-0.4, -0.2) is 26.6 Å². The predicted molar refractivity (Wildman–Crippen MR) is 114 cm³/mol. The zero-order chi connectivity index (χ0) is 20.8. The van der Waals surface area contributed by atoms with Crippen molar-refractivity contribution in [2.45, 2.75) is 27.7 Å². The molecule has 0 spiro atoms. The van der Waals surface area contributed by atoms with Crippen LogP contribution in [0.2, 0.25) is 0 Å². The van der Waals surface area contributed by atoms with Gasteiger partial charge < -0.3 is 4.90 Å². The minimum absolute atomic E-state index is 0.160. The van der Waals surface area contributed by atoms with Crippen molar-refractivity contribution in [3.05, 3.63) is 59.7 Å². The Morgan fingerprint density at radius 2 is 1.90 bits per heavy atom. The van der Waals surface area contributed by atoms with Gasteiger partial charge in [0.1, 0.15) is 18.0 Å². The number of aryl methyl sites for hydroxylation is 1. The summed E-state index contributed by atoms with van der Waals surface area (Å²) < 4.78 is 16.2. The van der Waals surface area contributed by atoms with Gasteiger partial charge >= 0.3 is 0 Å². The number of benzene rings is 2. The molecule has 0 radical (unpaired) electrons. The van der Waals surface area contributed by atoms with Gasteiger partial charge in [0.05, 0.1) is 5.52 Å². The van der Waals surface area contributed by atoms with E-state index in [1.54, 1.807) is 6.33 Å². The molecule has 2 heterocycles. The summed E-state index contributed by atoms with van der Waals surface area (Å²) in [5.41, 5.74) is 3.21.